The molecule has 0 bridgehead atoms. The highest BCUT2D eigenvalue weighted by Gasteiger charge is 2.07. The molecular weight excluding hydrogens is 231 g/mol. The van der Waals surface area contributed by atoms with Crippen LogP contribution in [0.15, 0.2) is 46.9 Å². The summed E-state index contributed by atoms with van der Waals surface area (Å²) in [7, 11) is 0. The van der Waals surface area contributed by atoms with Crippen LogP contribution < -0.4 is 5.73 Å². The van der Waals surface area contributed by atoms with E-state index in [4.69, 9.17) is 10.2 Å². The van der Waals surface area contributed by atoms with Crippen LogP contribution in [0.5, 0.6) is 0 Å². The molecule has 0 fully saturated rings. The molecule has 0 aliphatic heterocycles. The fraction of sp³-hybridized carbons (Fsp3) is 0.0714. The third-order valence-corrected chi connectivity index (χ3v) is 2.70. The monoisotopic (exact) mass is 242 g/mol. The number of benzene rings is 2. The van der Waals surface area contributed by atoms with Crippen molar-refractivity contribution in [2.24, 2.45) is 0 Å². The number of nitrogen functional groups attached to an aromatic ring is 1. The molecule has 4 heteroatoms. The number of anilines is 1. The van der Waals surface area contributed by atoms with Gasteiger partial charge in [-0.05, 0) is 35.9 Å². The van der Waals surface area contributed by atoms with Crippen LogP contribution in [-0.2, 0) is 6.42 Å². The molecule has 2 aromatic carbocycles. The van der Waals surface area contributed by atoms with Crippen molar-refractivity contribution in [2.75, 3.05) is 5.73 Å². The minimum Gasteiger partial charge on any atom is -0.440 e. The second kappa shape index (κ2) is 4.14. The number of hydrogen-bond acceptors (Lipinski definition) is 3. The van der Waals surface area contributed by atoms with Crippen molar-refractivity contribution in [3.05, 3.63) is 59.7 Å². The van der Waals surface area contributed by atoms with Crippen molar-refractivity contribution in [3.63, 3.8) is 0 Å². The van der Waals surface area contributed by atoms with Gasteiger partial charge in [-0.2, -0.15) is 0 Å². The zero-order valence-corrected chi connectivity index (χ0v) is 9.56. The van der Waals surface area contributed by atoms with Crippen LogP contribution >= 0.6 is 0 Å². The lowest BCUT2D eigenvalue weighted by Crippen LogP contribution is -1.88. The van der Waals surface area contributed by atoms with Gasteiger partial charge >= 0.3 is 0 Å². The highest BCUT2D eigenvalue weighted by Crippen LogP contribution is 2.20. The van der Waals surface area contributed by atoms with E-state index in [1.807, 2.05) is 6.07 Å². The molecule has 0 saturated heterocycles. The van der Waals surface area contributed by atoms with Crippen molar-refractivity contribution < 1.29 is 8.81 Å². The zero-order valence-electron chi connectivity index (χ0n) is 9.56. The molecule has 3 nitrogen and oxygen atoms in total. The van der Waals surface area contributed by atoms with E-state index in [1.54, 1.807) is 24.3 Å². The Morgan fingerprint density at radius 3 is 2.89 bits per heavy atom. The Kier molecular flexibility index (Phi) is 2.48. The van der Waals surface area contributed by atoms with E-state index >= 15 is 0 Å². The number of hydrogen-bond donors (Lipinski definition) is 1. The first kappa shape index (κ1) is 10.8. The van der Waals surface area contributed by atoms with Crippen LogP contribution in [0, 0.1) is 5.82 Å². The first-order chi connectivity index (χ1) is 8.70. The highest BCUT2D eigenvalue weighted by molar-refractivity contribution is 5.76. The maximum absolute atomic E-state index is 13.1. The van der Waals surface area contributed by atoms with Crippen LogP contribution in [0.25, 0.3) is 11.1 Å². The molecule has 18 heavy (non-hydrogen) atoms. The average Bonchev–Trinajstić information content (AvgIpc) is 2.70. The van der Waals surface area contributed by atoms with E-state index in [-0.39, 0.29) is 5.82 Å². The summed E-state index contributed by atoms with van der Waals surface area (Å²) >= 11 is 0. The van der Waals surface area contributed by atoms with Gasteiger partial charge in [0, 0.05) is 12.1 Å². The molecule has 0 aliphatic carbocycles. The van der Waals surface area contributed by atoms with Gasteiger partial charge in [0.05, 0.1) is 0 Å². The Morgan fingerprint density at radius 1 is 1.17 bits per heavy atom. The van der Waals surface area contributed by atoms with Gasteiger partial charge in [-0.25, -0.2) is 9.37 Å². The smallest absolute Gasteiger partial charge is 0.199 e. The molecule has 1 aromatic heterocycles. The normalized spacial score (nSPS) is 10.9. The van der Waals surface area contributed by atoms with Gasteiger partial charge in [-0.3, -0.25) is 0 Å². The van der Waals surface area contributed by atoms with E-state index in [1.165, 1.54) is 12.1 Å². The molecule has 0 saturated carbocycles. The molecule has 0 amide bonds. The fourth-order valence-electron chi connectivity index (χ4n) is 1.89. The van der Waals surface area contributed by atoms with Crippen molar-refractivity contribution in [1.29, 1.82) is 0 Å². The van der Waals surface area contributed by atoms with Gasteiger partial charge in [0.2, 0.25) is 0 Å². The van der Waals surface area contributed by atoms with Crippen LogP contribution in [0.1, 0.15) is 11.5 Å². The molecule has 3 rings (SSSR count). The summed E-state index contributed by atoms with van der Waals surface area (Å²) in [5, 5.41) is 0. The number of nitrogens with two attached hydrogens (primary N) is 1. The van der Waals surface area contributed by atoms with Crippen molar-refractivity contribution in [3.8, 4) is 0 Å². The third-order valence-electron chi connectivity index (χ3n) is 2.70. The first-order valence-electron chi connectivity index (χ1n) is 5.60. The molecule has 2 N–H and O–H groups in total. The van der Waals surface area contributed by atoms with E-state index in [2.05, 4.69) is 4.98 Å². The van der Waals surface area contributed by atoms with E-state index in [0.717, 1.165) is 11.1 Å². The molecule has 1 heterocycles. The van der Waals surface area contributed by atoms with Gasteiger partial charge in [0.15, 0.2) is 11.5 Å². The first-order valence-corrected chi connectivity index (χ1v) is 5.60. The van der Waals surface area contributed by atoms with Crippen LogP contribution in [0.4, 0.5) is 10.1 Å². The van der Waals surface area contributed by atoms with Crippen LogP contribution in [0.3, 0.4) is 0 Å². The summed E-state index contributed by atoms with van der Waals surface area (Å²) in [5.74, 6) is 0.300. The average molecular weight is 242 g/mol. The minimum absolute atomic E-state index is 0.257. The van der Waals surface area contributed by atoms with Crippen LogP contribution in [0.2, 0.25) is 0 Å². The lowest BCUT2D eigenvalue weighted by Gasteiger charge is -1.96. The summed E-state index contributed by atoms with van der Waals surface area (Å²) in [5.41, 5.74) is 8.56. The Hall–Kier alpha value is -2.36. The van der Waals surface area contributed by atoms with Gasteiger partial charge in [-0.1, -0.05) is 12.1 Å². The summed E-state index contributed by atoms with van der Waals surface area (Å²) in [4.78, 5) is 4.33. The quantitative estimate of drug-likeness (QED) is 0.702. The predicted molar refractivity (Wildman–Crippen MR) is 67.6 cm³/mol. The Bertz CT molecular complexity index is 706. The number of nitrogens with zero attached hydrogens (tertiary/aromatic N) is 1. The van der Waals surface area contributed by atoms with E-state index in [9.17, 15) is 4.39 Å². The highest BCUT2D eigenvalue weighted by atomic mass is 19.1. The lowest BCUT2D eigenvalue weighted by atomic mass is 10.1. The molecule has 0 unspecified atom stereocenters. The van der Waals surface area contributed by atoms with Crippen molar-refractivity contribution >= 4 is 16.8 Å². The zero-order chi connectivity index (χ0) is 12.5. The molecule has 0 radical (unpaired) electrons. The predicted octanol–water partition coefficient (Wildman–Crippen LogP) is 3.14. The van der Waals surface area contributed by atoms with E-state index < -0.39 is 0 Å². The van der Waals surface area contributed by atoms with Gasteiger partial charge < -0.3 is 10.2 Å². The van der Waals surface area contributed by atoms with Crippen molar-refractivity contribution in [2.45, 2.75) is 6.42 Å². The molecule has 90 valence electrons. The number of aromatic nitrogens is 1. The Morgan fingerprint density at radius 2 is 2.06 bits per heavy atom. The molecule has 0 aliphatic rings. The van der Waals surface area contributed by atoms with Gasteiger partial charge in [0.1, 0.15) is 11.3 Å². The molecule has 3 aromatic rings. The largest absolute Gasteiger partial charge is 0.440 e. The van der Waals surface area contributed by atoms with E-state index in [0.29, 0.717) is 23.6 Å². The van der Waals surface area contributed by atoms with Crippen molar-refractivity contribution in [1.82, 2.24) is 4.98 Å². The maximum Gasteiger partial charge on any atom is 0.199 e. The molecule has 0 atom stereocenters. The molecular formula is C14H11FN2O. The number of rotatable bonds is 2. The standard InChI is InChI=1S/C14H11FN2O/c15-10-3-1-2-9(6-10)7-14-17-12-8-11(16)4-5-13(12)18-14/h1-6,8H,7,16H2. The number of halogens is 1. The lowest BCUT2D eigenvalue weighted by molar-refractivity contribution is 0.543. The second-order valence-electron chi connectivity index (χ2n) is 4.14. The summed E-state index contributed by atoms with van der Waals surface area (Å²) < 4.78 is 18.6. The fourth-order valence-corrected chi connectivity index (χ4v) is 1.89. The topological polar surface area (TPSA) is 52.0 Å². The number of oxazole rings is 1. The Labute approximate surface area is 103 Å². The number of fused-ring (bicyclic) bond motifs is 1. The molecule has 0 spiro atoms. The van der Waals surface area contributed by atoms with Gasteiger partial charge in [-0.15, -0.1) is 0 Å². The summed E-state index contributed by atoms with van der Waals surface area (Å²) in [6, 6.07) is 11.7. The SMILES string of the molecule is Nc1ccc2oc(Cc3cccc(F)c3)nc2c1. The summed E-state index contributed by atoms with van der Waals surface area (Å²) in [6.07, 6.45) is 0.465. The third kappa shape index (κ3) is 2.05. The minimum atomic E-state index is -0.257. The maximum atomic E-state index is 13.1. The second-order valence-corrected chi connectivity index (χ2v) is 4.14. The summed E-state index contributed by atoms with van der Waals surface area (Å²) in [6.45, 7) is 0. The van der Waals surface area contributed by atoms with Gasteiger partial charge in [0.25, 0.3) is 0 Å². The Balaban J connectivity index is 1.95. The van der Waals surface area contributed by atoms with Crippen LogP contribution in [-0.4, -0.2) is 4.98 Å².